The van der Waals surface area contributed by atoms with E-state index in [-0.39, 0.29) is 10.8 Å². The third kappa shape index (κ3) is 5.14. The number of carbonyl (C=O) groups is 1. The van der Waals surface area contributed by atoms with Crippen LogP contribution >= 0.6 is 0 Å². The van der Waals surface area contributed by atoms with E-state index in [1.54, 1.807) is 68.4 Å². The molecule has 0 aliphatic heterocycles. The van der Waals surface area contributed by atoms with Gasteiger partial charge in [0, 0.05) is 16.9 Å². The monoisotopic (exact) mass is 492 g/mol. The Hall–Kier alpha value is -4.25. The van der Waals surface area contributed by atoms with Gasteiger partial charge in [-0.2, -0.15) is 4.68 Å². The van der Waals surface area contributed by atoms with Gasteiger partial charge >= 0.3 is 0 Å². The van der Waals surface area contributed by atoms with E-state index in [9.17, 15) is 13.2 Å². The van der Waals surface area contributed by atoms with Crippen molar-refractivity contribution >= 4 is 27.3 Å². The van der Waals surface area contributed by atoms with E-state index in [1.807, 2.05) is 13.0 Å². The number of hydrogen-bond acceptors (Lipinski definition) is 7. The number of benzene rings is 3. The zero-order valence-electron chi connectivity index (χ0n) is 19.6. The molecule has 2 N–H and O–H groups in total. The highest BCUT2D eigenvalue weighted by Gasteiger charge is 2.18. The topological polar surface area (TPSA) is 128 Å². The second-order valence-corrected chi connectivity index (χ2v) is 9.58. The minimum absolute atomic E-state index is 0.215. The number of ether oxygens (including phenoxy) is 1. The van der Waals surface area contributed by atoms with Gasteiger partial charge < -0.3 is 10.1 Å². The summed E-state index contributed by atoms with van der Waals surface area (Å²) in [6.45, 7) is 5.33. The van der Waals surface area contributed by atoms with E-state index in [2.05, 4.69) is 25.6 Å². The summed E-state index contributed by atoms with van der Waals surface area (Å²) in [4.78, 5) is 13.0. The first-order valence-electron chi connectivity index (χ1n) is 10.6. The standard InChI is InChI=1S/C24H24N6O4S/c1-15-5-6-16(2)23(13-15)35(32,33)27-19-9-7-18(8-10-19)24(31)25-20-11-12-22(34-4)21(14-20)30-17(3)26-28-29-30/h5-14,27H,1-4H3,(H,25,31). The van der Waals surface area contributed by atoms with Crippen molar-refractivity contribution in [3.63, 3.8) is 0 Å². The quantitative estimate of drug-likeness (QED) is 0.403. The van der Waals surface area contributed by atoms with E-state index >= 15 is 0 Å². The third-order valence-corrected chi connectivity index (χ3v) is 6.85. The summed E-state index contributed by atoms with van der Waals surface area (Å²) in [6.07, 6.45) is 0. The van der Waals surface area contributed by atoms with Crippen molar-refractivity contribution < 1.29 is 17.9 Å². The van der Waals surface area contributed by atoms with Crippen LogP contribution in [0, 0.1) is 20.8 Å². The molecule has 0 spiro atoms. The van der Waals surface area contributed by atoms with Crippen molar-refractivity contribution in [3.8, 4) is 11.4 Å². The fourth-order valence-corrected chi connectivity index (χ4v) is 4.88. The van der Waals surface area contributed by atoms with E-state index < -0.39 is 10.0 Å². The highest BCUT2D eigenvalue weighted by molar-refractivity contribution is 7.92. The van der Waals surface area contributed by atoms with Crippen LogP contribution in [0.15, 0.2) is 65.6 Å². The van der Waals surface area contributed by atoms with Gasteiger partial charge in [-0.25, -0.2) is 8.42 Å². The lowest BCUT2D eigenvalue weighted by molar-refractivity contribution is 0.102. The van der Waals surface area contributed by atoms with Crippen LogP contribution in [0.5, 0.6) is 5.75 Å². The molecule has 0 atom stereocenters. The molecule has 10 nitrogen and oxygen atoms in total. The Bertz CT molecular complexity index is 1500. The molecule has 4 aromatic rings. The number of anilines is 2. The number of nitrogens with zero attached hydrogens (tertiary/aromatic N) is 4. The maximum Gasteiger partial charge on any atom is 0.262 e. The minimum Gasteiger partial charge on any atom is -0.494 e. The van der Waals surface area contributed by atoms with Crippen LogP contribution in [-0.4, -0.2) is 41.6 Å². The van der Waals surface area contributed by atoms with E-state index in [0.717, 1.165) is 5.56 Å². The Morgan fingerprint density at radius 3 is 2.31 bits per heavy atom. The van der Waals surface area contributed by atoms with Crippen LogP contribution in [0.2, 0.25) is 0 Å². The lowest BCUT2D eigenvalue weighted by Gasteiger charge is -2.13. The van der Waals surface area contributed by atoms with Gasteiger partial charge in [0.25, 0.3) is 15.9 Å². The van der Waals surface area contributed by atoms with Crippen molar-refractivity contribution in [2.24, 2.45) is 0 Å². The van der Waals surface area contributed by atoms with Crippen molar-refractivity contribution in [2.75, 3.05) is 17.1 Å². The number of rotatable bonds is 7. The number of methoxy groups -OCH3 is 1. The molecule has 180 valence electrons. The van der Waals surface area contributed by atoms with E-state index in [4.69, 9.17) is 4.74 Å². The van der Waals surface area contributed by atoms with Gasteiger partial charge in [-0.1, -0.05) is 12.1 Å². The van der Waals surface area contributed by atoms with Gasteiger partial charge in [0.2, 0.25) is 0 Å². The molecule has 0 radical (unpaired) electrons. The van der Waals surface area contributed by atoms with Crippen LogP contribution in [0.25, 0.3) is 5.69 Å². The number of aryl methyl sites for hydroxylation is 3. The molecule has 0 bridgehead atoms. The van der Waals surface area contributed by atoms with E-state index in [0.29, 0.717) is 39.8 Å². The first kappa shape index (κ1) is 23.9. The number of hydrogen-bond donors (Lipinski definition) is 2. The molecule has 0 fully saturated rings. The van der Waals surface area contributed by atoms with Crippen molar-refractivity contribution in [1.82, 2.24) is 20.2 Å². The molecular formula is C24H24N6O4S. The van der Waals surface area contributed by atoms with Gasteiger partial charge in [0.05, 0.1) is 12.0 Å². The number of sulfonamides is 1. The number of aromatic nitrogens is 4. The smallest absolute Gasteiger partial charge is 0.262 e. The van der Waals surface area contributed by atoms with Crippen molar-refractivity contribution in [1.29, 1.82) is 0 Å². The number of amides is 1. The highest BCUT2D eigenvalue weighted by atomic mass is 32.2. The highest BCUT2D eigenvalue weighted by Crippen LogP contribution is 2.27. The second kappa shape index (κ2) is 9.55. The average Bonchev–Trinajstić information content (AvgIpc) is 3.26. The summed E-state index contributed by atoms with van der Waals surface area (Å²) in [5.74, 6) is 0.739. The largest absolute Gasteiger partial charge is 0.494 e. The molecule has 35 heavy (non-hydrogen) atoms. The molecular weight excluding hydrogens is 468 g/mol. The molecule has 0 aliphatic carbocycles. The van der Waals surface area contributed by atoms with Gasteiger partial charge in [0.15, 0.2) is 5.82 Å². The fourth-order valence-electron chi connectivity index (χ4n) is 3.49. The summed E-state index contributed by atoms with van der Waals surface area (Å²) < 4.78 is 35.1. The van der Waals surface area contributed by atoms with E-state index in [1.165, 1.54) is 11.8 Å². The number of nitrogens with one attached hydrogen (secondary N) is 2. The van der Waals surface area contributed by atoms with Crippen LogP contribution in [0.1, 0.15) is 27.3 Å². The van der Waals surface area contributed by atoms with Crippen LogP contribution in [-0.2, 0) is 10.0 Å². The molecule has 3 aromatic carbocycles. The first-order chi connectivity index (χ1) is 16.7. The average molecular weight is 493 g/mol. The molecule has 0 aliphatic rings. The predicted octanol–water partition coefficient (Wildman–Crippen LogP) is 3.65. The van der Waals surface area contributed by atoms with Crippen molar-refractivity contribution in [3.05, 3.63) is 83.2 Å². The van der Waals surface area contributed by atoms with Gasteiger partial charge in [-0.3, -0.25) is 9.52 Å². The lowest BCUT2D eigenvalue weighted by atomic mass is 10.2. The summed E-state index contributed by atoms with van der Waals surface area (Å²) in [6, 6.07) is 16.5. The van der Waals surface area contributed by atoms with Gasteiger partial charge in [-0.05, 0) is 90.9 Å². The number of carbonyl (C=O) groups excluding carboxylic acids is 1. The Kier molecular flexibility index (Phi) is 6.52. The SMILES string of the molecule is COc1ccc(NC(=O)c2ccc(NS(=O)(=O)c3cc(C)ccc3C)cc2)cc1-n1nnnc1C. The predicted molar refractivity (Wildman–Crippen MR) is 132 cm³/mol. The van der Waals surface area contributed by atoms with Crippen LogP contribution < -0.4 is 14.8 Å². The molecule has 0 saturated heterocycles. The molecule has 1 heterocycles. The Morgan fingerprint density at radius 1 is 0.943 bits per heavy atom. The second-order valence-electron chi connectivity index (χ2n) is 7.93. The van der Waals surface area contributed by atoms with Crippen LogP contribution in [0.4, 0.5) is 11.4 Å². The zero-order valence-corrected chi connectivity index (χ0v) is 20.4. The van der Waals surface area contributed by atoms with Crippen LogP contribution in [0.3, 0.4) is 0 Å². The lowest BCUT2D eigenvalue weighted by Crippen LogP contribution is -2.15. The summed E-state index contributed by atoms with van der Waals surface area (Å²) in [5.41, 5.74) is 3.29. The van der Waals surface area contributed by atoms with Gasteiger partial charge in [0.1, 0.15) is 11.4 Å². The normalized spacial score (nSPS) is 11.2. The molecule has 11 heteroatoms. The molecule has 1 amide bonds. The van der Waals surface area contributed by atoms with Gasteiger partial charge in [-0.15, -0.1) is 5.10 Å². The number of tetrazole rings is 1. The maximum atomic E-state index is 12.8. The summed E-state index contributed by atoms with van der Waals surface area (Å²) in [5, 5.41) is 14.3. The minimum atomic E-state index is -3.77. The molecule has 0 saturated carbocycles. The maximum absolute atomic E-state index is 12.8. The Balaban J connectivity index is 1.51. The third-order valence-electron chi connectivity index (χ3n) is 5.32. The first-order valence-corrected chi connectivity index (χ1v) is 12.1. The molecule has 0 unspecified atom stereocenters. The zero-order chi connectivity index (χ0) is 25.2. The molecule has 4 rings (SSSR count). The Morgan fingerprint density at radius 2 is 1.66 bits per heavy atom. The Labute approximate surface area is 203 Å². The molecule has 1 aromatic heterocycles. The van der Waals surface area contributed by atoms with Crippen molar-refractivity contribution in [2.45, 2.75) is 25.7 Å². The summed E-state index contributed by atoms with van der Waals surface area (Å²) in [7, 11) is -2.23. The summed E-state index contributed by atoms with van der Waals surface area (Å²) >= 11 is 0. The fraction of sp³-hybridized carbons (Fsp3) is 0.167.